The predicted octanol–water partition coefficient (Wildman–Crippen LogP) is 1.51. The Hall–Kier alpha value is -1.06. The highest BCUT2D eigenvalue weighted by Crippen LogP contribution is 2.14. The van der Waals surface area contributed by atoms with Crippen molar-refractivity contribution in [1.29, 1.82) is 0 Å². The lowest BCUT2D eigenvalue weighted by molar-refractivity contribution is -0.118. The van der Waals surface area contributed by atoms with Gasteiger partial charge in [-0.15, -0.1) is 0 Å². The molecule has 1 atom stereocenters. The maximum absolute atomic E-state index is 11.3. The molecular formula is C10H18N2O2. The Balaban J connectivity index is 2.51. The molecule has 0 radical (unpaired) electrons. The first-order chi connectivity index (χ1) is 6.69. The topological polar surface area (TPSA) is 49.4 Å². The number of hydrogen-bond acceptors (Lipinski definition) is 2. The Morgan fingerprint density at radius 1 is 1.43 bits per heavy atom. The molecule has 4 heteroatoms. The molecule has 1 heterocycles. The van der Waals surface area contributed by atoms with Crippen molar-refractivity contribution >= 4 is 11.9 Å². The van der Waals surface area contributed by atoms with Gasteiger partial charge in [-0.1, -0.05) is 26.7 Å². The standard InChI is InChI=1S/C10H18N2O2/c1-3-5-6-8(4-2)12-7-9(13)11-10(12)14/h8H,3-7H2,1-2H3,(H,11,13,14). The van der Waals surface area contributed by atoms with Crippen LogP contribution < -0.4 is 5.32 Å². The van der Waals surface area contributed by atoms with Crippen LogP contribution >= 0.6 is 0 Å². The van der Waals surface area contributed by atoms with E-state index in [1.807, 2.05) is 0 Å². The van der Waals surface area contributed by atoms with Gasteiger partial charge in [0.1, 0.15) is 6.54 Å². The third kappa shape index (κ3) is 2.47. The van der Waals surface area contributed by atoms with Gasteiger partial charge in [0, 0.05) is 6.04 Å². The number of imide groups is 1. The normalized spacial score (nSPS) is 18.6. The number of urea groups is 1. The van der Waals surface area contributed by atoms with E-state index < -0.39 is 0 Å². The van der Waals surface area contributed by atoms with E-state index in [-0.39, 0.29) is 24.5 Å². The van der Waals surface area contributed by atoms with Crippen molar-refractivity contribution in [2.24, 2.45) is 0 Å². The third-order valence-corrected chi connectivity index (χ3v) is 2.62. The number of rotatable bonds is 5. The largest absolute Gasteiger partial charge is 0.324 e. The monoisotopic (exact) mass is 198 g/mol. The second-order valence-corrected chi connectivity index (χ2v) is 3.69. The molecule has 0 saturated carbocycles. The van der Waals surface area contributed by atoms with Gasteiger partial charge >= 0.3 is 6.03 Å². The number of nitrogens with zero attached hydrogens (tertiary/aromatic N) is 1. The first kappa shape index (κ1) is 11.0. The summed E-state index contributed by atoms with van der Waals surface area (Å²) in [4.78, 5) is 24.0. The third-order valence-electron chi connectivity index (χ3n) is 2.62. The van der Waals surface area contributed by atoms with Crippen LogP contribution in [-0.4, -0.2) is 29.4 Å². The van der Waals surface area contributed by atoms with E-state index >= 15 is 0 Å². The summed E-state index contributed by atoms with van der Waals surface area (Å²) in [7, 11) is 0. The summed E-state index contributed by atoms with van der Waals surface area (Å²) < 4.78 is 0. The van der Waals surface area contributed by atoms with Crippen LogP contribution in [0.25, 0.3) is 0 Å². The van der Waals surface area contributed by atoms with Crippen molar-refractivity contribution in [3.63, 3.8) is 0 Å². The van der Waals surface area contributed by atoms with Gasteiger partial charge in [-0.25, -0.2) is 4.79 Å². The van der Waals surface area contributed by atoms with E-state index in [1.165, 1.54) is 0 Å². The zero-order valence-electron chi connectivity index (χ0n) is 8.88. The van der Waals surface area contributed by atoms with E-state index in [0.717, 1.165) is 25.7 Å². The summed E-state index contributed by atoms with van der Waals surface area (Å²) in [5.41, 5.74) is 0. The van der Waals surface area contributed by atoms with Gasteiger partial charge < -0.3 is 4.90 Å². The highest BCUT2D eigenvalue weighted by molar-refractivity contribution is 6.02. The number of carbonyl (C=O) groups is 2. The lowest BCUT2D eigenvalue weighted by Gasteiger charge is -2.24. The van der Waals surface area contributed by atoms with Crippen molar-refractivity contribution in [3.05, 3.63) is 0 Å². The van der Waals surface area contributed by atoms with Crippen molar-refractivity contribution < 1.29 is 9.59 Å². The highest BCUT2D eigenvalue weighted by atomic mass is 16.2. The summed E-state index contributed by atoms with van der Waals surface area (Å²) in [6.45, 7) is 4.42. The molecule has 4 nitrogen and oxygen atoms in total. The molecule has 0 aromatic carbocycles. The Morgan fingerprint density at radius 3 is 2.57 bits per heavy atom. The average Bonchev–Trinajstić information content (AvgIpc) is 2.47. The van der Waals surface area contributed by atoms with Crippen LogP contribution in [0.5, 0.6) is 0 Å². The molecular weight excluding hydrogens is 180 g/mol. The Bertz CT molecular complexity index is 228. The first-order valence-electron chi connectivity index (χ1n) is 5.29. The quantitative estimate of drug-likeness (QED) is 0.681. The molecule has 0 spiro atoms. The van der Waals surface area contributed by atoms with Gasteiger partial charge in [0.05, 0.1) is 0 Å². The molecule has 1 saturated heterocycles. The van der Waals surface area contributed by atoms with E-state index in [4.69, 9.17) is 0 Å². The van der Waals surface area contributed by atoms with Crippen molar-refractivity contribution in [2.75, 3.05) is 6.54 Å². The van der Waals surface area contributed by atoms with Crippen LogP contribution in [0.1, 0.15) is 39.5 Å². The van der Waals surface area contributed by atoms with Gasteiger partial charge in [0.15, 0.2) is 0 Å². The number of amides is 3. The second-order valence-electron chi connectivity index (χ2n) is 3.69. The second kappa shape index (κ2) is 4.98. The van der Waals surface area contributed by atoms with Crippen molar-refractivity contribution in [1.82, 2.24) is 10.2 Å². The molecule has 0 aromatic rings. The molecule has 3 amide bonds. The molecule has 1 aliphatic rings. The van der Waals surface area contributed by atoms with Crippen molar-refractivity contribution in [3.8, 4) is 0 Å². The summed E-state index contributed by atoms with van der Waals surface area (Å²) in [6.07, 6.45) is 4.14. The molecule has 1 unspecified atom stereocenters. The minimum Gasteiger partial charge on any atom is -0.312 e. The SMILES string of the molecule is CCCCC(CC)N1CC(=O)NC1=O. The number of nitrogens with one attached hydrogen (secondary N) is 1. The maximum Gasteiger partial charge on any atom is 0.324 e. The zero-order valence-corrected chi connectivity index (χ0v) is 8.88. The number of hydrogen-bond donors (Lipinski definition) is 1. The van der Waals surface area contributed by atoms with Crippen LogP contribution in [0.15, 0.2) is 0 Å². The number of carbonyl (C=O) groups excluding carboxylic acids is 2. The minimum atomic E-state index is -0.224. The summed E-state index contributed by atoms with van der Waals surface area (Å²) in [6, 6.07) is -0.000599. The van der Waals surface area contributed by atoms with Crippen LogP contribution in [0.3, 0.4) is 0 Å². The minimum absolute atomic E-state index is 0.176. The first-order valence-corrected chi connectivity index (χ1v) is 5.29. The van der Waals surface area contributed by atoms with Crippen LogP contribution in [0.4, 0.5) is 4.79 Å². The summed E-state index contributed by atoms with van der Waals surface area (Å²) in [5.74, 6) is -0.176. The fourth-order valence-electron chi connectivity index (χ4n) is 1.77. The van der Waals surface area contributed by atoms with Crippen LogP contribution in [0, 0.1) is 0 Å². The Kier molecular flexibility index (Phi) is 3.92. The summed E-state index contributed by atoms with van der Waals surface area (Å²) in [5, 5.41) is 2.31. The average molecular weight is 198 g/mol. The molecule has 0 bridgehead atoms. The van der Waals surface area contributed by atoms with Crippen LogP contribution in [0.2, 0.25) is 0 Å². The van der Waals surface area contributed by atoms with Gasteiger partial charge in [0.25, 0.3) is 0 Å². The molecule has 0 aromatic heterocycles. The fraction of sp³-hybridized carbons (Fsp3) is 0.800. The number of unbranched alkanes of at least 4 members (excludes halogenated alkanes) is 1. The van der Waals surface area contributed by atoms with Crippen LogP contribution in [-0.2, 0) is 4.79 Å². The summed E-state index contributed by atoms with van der Waals surface area (Å²) >= 11 is 0. The molecule has 1 fully saturated rings. The molecule has 0 aliphatic carbocycles. The molecule has 1 aliphatic heterocycles. The van der Waals surface area contributed by atoms with E-state index in [1.54, 1.807) is 4.90 Å². The Labute approximate surface area is 84.7 Å². The highest BCUT2D eigenvalue weighted by Gasteiger charge is 2.31. The van der Waals surface area contributed by atoms with Gasteiger partial charge in [-0.3, -0.25) is 10.1 Å². The fourth-order valence-corrected chi connectivity index (χ4v) is 1.77. The predicted molar refractivity (Wildman–Crippen MR) is 53.8 cm³/mol. The lowest BCUT2D eigenvalue weighted by atomic mass is 10.1. The van der Waals surface area contributed by atoms with Gasteiger partial charge in [0.2, 0.25) is 5.91 Å². The van der Waals surface area contributed by atoms with E-state index in [9.17, 15) is 9.59 Å². The van der Waals surface area contributed by atoms with Crippen molar-refractivity contribution in [2.45, 2.75) is 45.6 Å². The van der Waals surface area contributed by atoms with E-state index in [2.05, 4.69) is 19.2 Å². The smallest absolute Gasteiger partial charge is 0.312 e. The zero-order chi connectivity index (χ0) is 10.6. The molecule has 1 N–H and O–H groups in total. The lowest BCUT2D eigenvalue weighted by Crippen LogP contribution is -2.37. The maximum atomic E-state index is 11.3. The van der Waals surface area contributed by atoms with Gasteiger partial charge in [-0.05, 0) is 12.8 Å². The Morgan fingerprint density at radius 2 is 2.14 bits per heavy atom. The van der Waals surface area contributed by atoms with E-state index in [0.29, 0.717) is 0 Å². The molecule has 1 rings (SSSR count). The van der Waals surface area contributed by atoms with Gasteiger partial charge in [-0.2, -0.15) is 0 Å². The molecule has 14 heavy (non-hydrogen) atoms. The molecule has 80 valence electrons.